The zero-order valence-electron chi connectivity index (χ0n) is 15.9. The minimum Gasteiger partial charge on any atom is -0.494 e. The molecule has 0 saturated heterocycles. The Kier molecular flexibility index (Phi) is 10.6. The Balaban J connectivity index is 0.00000338. The SMILES string of the molecule is CCOc1ccccc1CNC(=NC)NCCc1csc(C(C)C)n1.I. The molecule has 2 rings (SSSR count). The molecule has 2 N–H and O–H groups in total. The van der Waals surface area contributed by atoms with Gasteiger partial charge < -0.3 is 15.4 Å². The summed E-state index contributed by atoms with van der Waals surface area (Å²) in [6.07, 6.45) is 0.888. The Hall–Kier alpha value is -1.35. The minimum absolute atomic E-state index is 0. The van der Waals surface area contributed by atoms with Crippen LogP contribution in [0.3, 0.4) is 0 Å². The number of nitrogens with zero attached hydrogens (tertiary/aromatic N) is 2. The van der Waals surface area contributed by atoms with Gasteiger partial charge in [0.15, 0.2) is 5.96 Å². The van der Waals surface area contributed by atoms with E-state index in [1.165, 1.54) is 5.01 Å². The van der Waals surface area contributed by atoms with E-state index < -0.39 is 0 Å². The number of aromatic nitrogens is 1. The molecule has 0 bridgehead atoms. The lowest BCUT2D eigenvalue weighted by molar-refractivity contribution is 0.336. The van der Waals surface area contributed by atoms with Gasteiger partial charge in [0.05, 0.1) is 17.3 Å². The number of hydrogen-bond donors (Lipinski definition) is 2. The van der Waals surface area contributed by atoms with E-state index in [0.29, 0.717) is 19.1 Å². The monoisotopic (exact) mass is 488 g/mol. The summed E-state index contributed by atoms with van der Waals surface area (Å²) >= 11 is 1.74. The van der Waals surface area contributed by atoms with Crippen molar-refractivity contribution < 1.29 is 4.74 Å². The molecule has 0 unspecified atom stereocenters. The average molecular weight is 488 g/mol. The van der Waals surface area contributed by atoms with Crippen LogP contribution in [0, 0.1) is 0 Å². The molecule has 1 aromatic heterocycles. The van der Waals surface area contributed by atoms with Gasteiger partial charge in [-0.05, 0) is 13.0 Å². The number of guanidine groups is 1. The average Bonchev–Trinajstić information content (AvgIpc) is 3.08. The summed E-state index contributed by atoms with van der Waals surface area (Å²) in [6.45, 7) is 8.47. The summed E-state index contributed by atoms with van der Waals surface area (Å²) in [7, 11) is 1.78. The van der Waals surface area contributed by atoms with E-state index >= 15 is 0 Å². The summed E-state index contributed by atoms with van der Waals surface area (Å²) in [5.74, 6) is 2.19. The van der Waals surface area contributed by atoms with Gasteiger partial charge in [-0.25, -0.2) is 4.98 Å². The first-order valence-electron chi connectivity index (χ1n) is 8.73. The van der Waals surface area contributed by atoms with Gasteiger partial charge in [-0.1, -0.05) is 32.0 Å². The third-order valence-corrected chi connectivity index (χ3v) is 4.87. The van der Waals surface area contributed by atoms with E-state index in [1.54, 1.807) is 18.4 Å². The highest BCUT2D eigenvalue weighted by Gasteiger charge is 2.07. The van der Waals surface area contributed by atoms with Gasteiger partial charge in [-0.2, -0.15) is 0 Å². The quantitative estimate of drug-likeness (QED) is 0.333. The molecule has 0 aliphatic carbocycles. The molecule has 0 atom stereocenters. The summed E-state index contributed by atoms with van der Waals surface area (Å²) in [6, 6.07) is 8.06. The number of hydrogen-bond acceptors (Lipinski definition) is 4. The van der Waals surface area contributed by atoms with Crippen LogP contribution in [0.1, 0.15) is 43.0 Å². The Morgan fingerprint density at radius 2 is 2.04 bits per heavy atom. The van der Waals surface area contributed by atoms with Crippen molar-refractivity contribution in [2.75, 3.05) is 20.2 Å². The van der Waals surface area contributed by atoms with Crippen molar-refractivity contribution in [1.82, 2.24) is 15.6 Å². The molecule has 5 nitrogen and oxygen atoms in total. The van der Waals surface area contributed by atoms with Crippen molar-refractivity contribution >= 4 is 41.3 Å². The molecule has 1 heterocycles. The molecule has 2 aromatic rings. The normalized spacial score (nSPS) is 11.2. The molecule has 0 aliphatic rings. The Bertz CT molecular complexity index is 688. The molecular weight excluding hydrogens is 459 g/mol. The first-order valence-corrected chi connectivity index (χ1v) is 9.61. The number of ether oxygens (including phenoxy) is 1. The molecular formula is C19H29IN4OS. The molecule has 0 radical (unpaired) electrons. The highest BCUT2D eigenvalue weighted by Crippen LogP contribution is 2.19. The zero-order valence-corrected chi connectivity index (χ0v) is 19.1. The fraction of sp³-hybridized carbons (Fsp3) is 0.474. The summed E-state index contributed by atoms with van der Waals surface area (Å²) in [4.78, 5) is 8.94. The first kappa shape index (κ1) is 22.7. The van der Waals surface area contributed by atoms with Crippen molar-refractivity contribution in [3.8, 4) is 5.75 Å². The van der Waals surface area contributed by atoms with Gasteiger partial charge in [0.1, 0.15) is 5.75 Å². The van der Waals surface area contributed by atoms with Crippen LogP contribution in [-0.4, -0.2) is 31.1 Å². The number of nitrogens with one attached hydrogen (secondary N) is 2. The molecule has 1 aromatic carbocycles. The van der Waals surface area contributed by atoms with Crippen molar-refractivity contribution in [3.63, 3.8) is 0 Å². The lowest BCUT2D eigenvalue weighted by Crippen LogP contribution is -2.38. The molecule has 26 heavy (non-hydrogen) atoms. The van der Waals surface area contributed by atoms with Gasteiger partial charge in [-0.15, -0.1) is 35.3 Å². The van der Waals surface area contributed by atoms with Crippen LogP contribution < -0.4 is 15.4 Å². The van der Waals surface area contributed by atoms with Crippen LogP contribution in [0.25, 0.3) is 0 Å². The van der Waals surface area contributed by atoms with Crippen LogP contribution >= 0.6 is 35.3 Å². The number of para-hydroxylation sites is 1. The van der Waals surface area contributed by atoms with E-state index in [1.807, 2.05) is 25.1 Å². The van der Waals surface area contributed by atoms with Crippen LogP contribution in [0.2, 0.25) is 0 Å². The fourth-order valence-corrected chi connectivity index (χ4v) is 3.23. The summed E-state index contributed by atoms with van der Waals surface area (Å²) < 4.78 is 5.66. The molecule has 0 fully saturated rings. The molecule has 0 saturated carbocycles. The molecule has 144 valence electrons. The predicted octanol–water partition coefficient (Wildman–Crippen LogP) is 4.19. The highest BCUT2D eigenvalue weighted by molar-refractivity contribution is 14.0. The summed E-state index contributed by atoms with van der Waals surface area (Å²) in [5, 5.41) is 10.0. The lowest BCUT2D eigenvalue weighted by atomic mass is 10.2. The lowest BCUT2D eigenvalue weighted by Gasteiger charge is -2.14. The fourth-order valence-electron chi connectivity index (χ4n) is 2.36. The topological polar surface area (TPSA) is 58.5 Å². The third kappa shape index (κ3) is 7.11. The van der Waals surface area contributed by atoms with E-state index in [4.69, 9.17) is 4.74 Å². The minimum atomic E-state index is 0. The molecule has 0 amide bonds. The van der Waals surface area contributed by atoms with Crippen LogP contribution in [0.4, 0.5) is 0 Å². The van der Waals surface area contributed by atoms with Gasteiger partial charge >= 0.3 is 0 Å². The maximum Gasteiger partial charge on any atom is 0.191 e. The second-order valence-electron chi connectivity index (χ2n) is 5.98. The molecule has 0 aliphatic heterocycles. The van der Waals surface area contributed by atoms with Gasteiger partial charge in [-0.3, -0.25) is 4.99 Å². The number of benzene rings is 1. The van der Waals surface area contributed by atoms with Crippen molar-refractivity contribution in [2.24, 2.45) is 4.99 Å². The molecule has 7 heteroatoms. The number of aliphatic imine (C=N–C) groups is 1. The number of thiazole rings is 1. The number of rotatable bonds is 8. The zero-order chi connectivity index (χ0) is 18.1. The van der Waals surface area contributed by atoms with Gasteiger partial charge in [0.2, 0.25) is 0 Å². The van der Waals surface area contributed by atoms with Gasteiger partial charge in [0, 0.05) is 43.4 Å². The Labute approximate surface area is 177 Å². The smallest absolute Gasteiger partial charge is 0.191 e. The van der Waals surface area contributed by atoms with Crippen LogP contribution in [0.15, 0.2) is 34.6 Å². The van der Waals surface area contributed by atoms with Crippen molar-refractivity contribution in [2.45, 2.75) is 39.7 Å². The third-order valence-electron chi connectivity index (χ3n) is 3.68. The molecule has 0 spiro atoms. The predicted molar refractivity (Wildman–Crippen MR) is 121 cm³/mol. The van der Waals surface area contributed by atoms with E-state index in [9.17, 15) is 0 Å². The van der Waals surface area contributed by atoms with Crippen LogP contribution in [0.5, 0.6) is 5.75 Å². The maximum absolute atomic E-state index is 5.66. The van der Waals surface area contributed by atoms with E-state index in [-0.39, 0.29) is 24.0 Å². The number of halogens is 1. The second kappa shape index (κ2) is 12.1. The van der Waals surface area contributed by atoms with E-state index in [0.717, 1.165) is 35.9 Å². The van der Waals surface area contributed by atoms with Crippen molar-refractivity contribution in [3.05, 3.63) is 45.9 Å². The van der Waals surface area contributed by atoms with Gasteiger partial charge in [0.25, 0.3) is 0 Å². The maximum atomic E-state index is 5.66. The highest BCUT2D eigenvalue weighted by atomic mass is 127. The van der Waals surface area contributed by atoms with Crippen molar-refractivity contribution in [1.29, 1.82) is 0 Å². The first-order chi connectivity index (χ1) is 12.1. The van der Waals surface area contributed by atoms with E-state index in [2.05, 4.69) is 45.9 Å². The second-order valence-corrected chi connectivity index (χ2v) is 6.86. The Morgan fingerprint density at radius 3 is 2.69 bits per heavy atom. The largest absolute Gasteiger partial charge is 0.494 e. The Morgan fingerprint density at radius 1 is 1.27 bits per heavy atom. The summed E-state index contributed by atoms with van der Waals surface area (Å²) in [5.41, 5.74) is 2.26. The standard InChI is InChI=1S/C19H28N4OS.HI/c1-5-24-17-9-7-6-8-15(17)12-22-19(20-4)21-11-10-16-13-25-18(23-16)14(2)3;/h6-9,13-14H,5,10-12H2,1-4H3,(H2,20,21,22);1H. The van der Waals surface area contributed by atoms with Crippen LogP contribution in [-0.2, 0) is 13.0 Å².